The van der Waals surface area contributed by atoms with Crippen LogP contribution in [0.1, 0.15) is 16.7 Å². The molecule has 0 saturated carbocycles. The fourth-order valence-electron chi connectivity index (χ4n) is 3.62. The minimum absolute atomic E-state index is 0.245. The summed E-state index contributed by atoms with van der Waals surface area (Å²) in [5.74, 6) is 1.81. The summed E-state index contributed by atoms with van der Waals surface area (Å²) in [5, 5.41) is 0. The van der Waals surface area contributed by atoms with Crippen molar-refractivity contribution < 1.29 is 9.53 Å². The molecule has 0 aromatic heterocycles. The van der Waals surface area contributed by atoms with Crippen molar-refractivity contribution in [2.45, 2.75) is 24.8 Å². The van der Waals surface area contributed by atoms with Crippen LogP contribution in [0.3, 0.4) is 0 Å². The molecule has 1 fully saturated rings. The van der Waals surface area contributed by atoms with Gasteiger partial charge in [-0.3, -0.25) is 9.69 Å². The van der Waals surface area contributed by atoms with Crippen molar-refractivity contribution in [3.05, 3.63) is 59.2 Å². The first-order valence-corrected chi connectivity index (χ1v) is 10.6. The molecule has 142 valence electrons. The highest BCUT2D eigenvalue weighted by Crippen LogP contribution is 2.26. The second-order valence-electron chi connectivity index (χ2n) is 7.30. The fraction of sp³-hybridized carbons (Fsp3) is 0.409. The summed E-state index contributed by atoms with van der Waals surface area (Å²) < 4.78 is 5.58. The van der Waals surface area contributed by atoms with Gasteiger partial charge in [-0.05, 0) is 36.2 Å². The summed E-state index contributed by atoms with van der Waals surface area (Å²) in [4.78, 5) is 18.1. The maximum atomic E-state index is 12.5. The number of hydrogen-bond acceptors (Lipinski definition) is 4. The Bertz CT molecular complexity index is 798. The number of ether oxygens (including phenoxy) is 1. The smallest absolute Gasteiger partial charge is 0.233 e. The zero-order valence-electron chi connectivity index (χ0n) is 15.8. The Balaban J connectivity index is 1.23. The second kappa shape index (κ2) is 8.36. The SMILES string of the molecule is Cc1ccc(SCC(=O)N2CCN(Cc3ccc4c(c3)CCO4)CC2)cc1. The zero-order chi connectivity index (χ0) is 18.6. The highest BCUT2D eigenvalue weighted by Gasteiger charge is 2.21. The van der Waals surface area contributed by atoms with E-state index < -0.39 is 0 Å². The van der Waals surface area contributed by atoms with Crippen molar-refractivity contribution in [2.24, 2.45) is 0 Å². The molecule has 2 aromatic rings. The van der Waals surface area contributed by atoms with E-state index in [1.54, 1.807) is 11.8 Å². The molecule has 2 heterocycles. The quantitative estimate of drug-likeness (QED) is 0.743. The molecule has 0 N–H and O–H groups in total. The van der Waals surface area contributed by atoms with Gasteiger partial charge in [0.25, 0.3) is 0 Å². The molecule has 2 aliphatic rings. The minimum Gasteiger partial charge on any atom is -0.493 e. The molecule has 2 aliphatic heterocycles. The predicted molar refractivity (Wildman–Crippen MR) is 109 cm³/mol. The van der Waals surface area contributed by atoms with Crippen LogP contribution in [-0.2, 0) is 17.8 Å². The molecule has 2 aromatic carbocycles. The lowest BCUT2D eigenvalue weighted by atomic mass is 10.1. The number of thioether (sulfide) groups is 1. The van der Waals surface area contributed by atoms with Gasteiger partial charge in [0.1, 0.15) is 5.75 Å². The van der Waals surface area contributed by atoms with Gasteiger partial charge in [-0.25, -0.2) is 0 Å². The van der Waals surface area contributed by atoms with Gasteiger partial charge in [-0.2, -0.15) is 0 Å². The standard InChI is InChI=1S/C22H26N2O2S/c1-17-2-5-20(6-3-17)27-16-22(25)24-11-9-23(10-12-24)15-18-4-7-21-19(14-18)8-13-26-21/h2-7,14H,8-13,15-16H2,1H3. The molecule has 0 aliphatic carbocycles. The number of carbonyl (C=O) groups is 1. The van der Waals surface area contributed by atoms with E-state index in [9.17, 15) is 4.79 Å². The van der Waals surface area contributed by atoms with E-state index in [1.165, 1.54) is 16.7 Å². The van der Waals surface area contributed by atoms with Crippen LogP contribution in [0.15, 0.2) is 47.4 Å². The Morgan fingerprint density at radius 3 is 2.63 bits per heavy atom. The van der Waals surface area contributed by atoms with Gasteiger partial charge in [0.05, 0.1) is 12.4 Å². The zero-order valence-corrected chi connectivity index (χ0v) is 16.6. The number of nitrogens with zero attached hydrogens (tertiary/aromatic N) is 2. The molecule has 4 rings (SSSR count). The van der Waals surface area contributed by atoms with Crippen molar-refractivity contribution in [3.8, 4) is 5.75 Å². The van der Waals surface area contributed by atoms with Crippen molar-refractivity contribution >= 4 is 17.7 Å². The van der Waals surface area contributed by atoms with Crippen LogP contribution < -0.4 is 4.74 Å². The first-order chi connectivity index (χ1) is 13.2. The number of rotatable bonds is 5. The highest BCUT2D eigenvalue weighted by atomic mass is 32.2. The minimum atomic E-state index is 0.245. The summed E-state index contributed by atoms with van der Waals surface area (Å²) in [6.45, 7) is 7.36. The monoisotopic (exact) mass is 382 g/mol. The predicted octanol–water partition coefficient (Wildman–Crippen LogP) is 3.37. The molecule has 5 heteroatoms. The van der Waals surface area contributed by atoms with Gasteiger partial charge in [0, 0.05) is 44.0 Å². The summed E-state index contributed by atoms with van der Waals surface area (Å²) in [7, 11) is 0. The highest BCUT2D eigenvalue weighted by molar-refractivity contribution is 8.00. The molecule has 27 heavy (non-hydrogen) atoms. The van der Waals surface area contributed by atoms with Crippen LogP contribution in [-0.4, -0.2) is 54.2 Å². The van der Waals surface area contributed by atoms with Gasteiger partial charge in [-0.15, -0.1) is 11.8 Å². The number of carbonyl (C=O) groups excluding carboxylic acids is 1. The first kappa shape index (κ1) is 18.4. The Hall–Kier alpha value is -1.98. The van der Waals surface area contributed by atoms with Gasteiger partial charge >= 0.3 is 0 Å². The number of fused-ring (bicyclic) bond motifs is 1. The van der Waals surface area contributed by atoms with E-state index in [4.69, 9.17) is 4.74 Å². The number of piperazine rings is 1. The lowest BCUT2D eigenvalue weighted by molar-refractivity contribution is -0.130. The van der Waals surface area contributed by atoms with Crippen LogP contribution in [0.5, 0.6) is 5.75 Å². The van der Waals surface area contributed by atoms with Gasteiger partial charge < -0.3 is 9.64 Å². The number of hydrogen-bond donors (Lipinski definition) is 0. The number of benzene rings is 2. The van der Waals surface area contributed by atoms with Gasteiger partial charge in [-0.1, -0.05) is 29.8 Å². The fourth-order valence-corrected chi connectivity index (χ4v) is 4.42. The Kier molecular flexibility index (Phi) is 5.69. The van der Waals surface area contributed by atoms with E-state index in [1.807, 2.05) is 4.90 Å². The molecule has 4 nitrogen and oxygen atoms in total. The first-order valence-electron chi connectivity index (χ1n) is 9.61. The van der Waals surface area contributed by atoms with E-state index in [2.05, 4.69) is 54.3 Å². The summed E-state index contributed by atoms with van der Waals surface area (Å²) >= 11 is 1.63. The van der Waals surface area contributed by atoms with Crippen LogP contribution in [0.2, 0.25) is 0 Å². The molecular formula is C22H26N2O2S. The van der Waals surface area contributed by atoms with Gasteiger partial charge in [0.2, 0.25) is 5.91 Å². The average molecular weight is 383 g/mol. The summed E-state index contributed by atoms with van der Waals surface area (Å²) in [6, 6.07) is 14.9. The van der Waals surface area contributed by atoms with Crippen molar-refractivity contribution in [1.29, 1.82) is 0 Å². The molecule has 0 radical (unpaired) electrons. The lowest BCUT2D eigenvalue weighted by Crippen LogP contribution is -2.48. The van der Waals surface area contributed by atoms with Crippen molar-refractivity contribution in [3.63, 3.8) is 0 Å². The normalized spacial score (nSPS) is 16.9. The largest absolute Gasteiger partial charge is 0.493 e. The summed E-state index contributed by atoms with van der Waals surface area (Å²) in [6.07, 6.45) is 1.02. The van der Waals surface area contributed by atoms with Crippen LogP contribution in [0, 0.1) is 6.92 Å². The molecule has 0 atom stereocenters. The molecule has 0 bridgehead atoms. The van der Waals surface area contributed by atoms with E-state index >= 15 is 0 Å². The Morgan fingerprint density at radius 2 is 1.85 bits per heavy atom. The topological polar surface area (TPSA) is 32.8 Å². The van der Waals surface area contributed by atoms with E-state index in [0.717, 1.165) is 56.4 Å². The Labute approximate surface area is 165 Å². The van der Waals surface area contributed by atoms with Crippen molar-refractivity contribution in [2.75, 3.05) is 38.5 Å². The van der Waals surface area contributed by atoms with Crippen LogP contribution in [0.25, 0.3) is 0 Å². The third kappa shape index (κ3) is 4.66. The average Bonchev–Trinajstić information content (AvgIpc) is 3.16. The molecule has 0 spiro atoms. The number of amides is 1. The Morgan fingerprint density at radius 1 is 1.07 bits per heavy atom. The van der Waals surface area contributed by atoms with Crippen LogP contribution >= 0.6 is 11.8 Å². The third-order valence-corrected chi connectivity index (χ3v) is 6.27. The third-order valence-electron chi connectivity index (χ3n) is 5.27. The maximum absolute atomic E-state index is 12.5. The maximum Gasteiger partial charge on any atom is 0.233 e. The van der Waals surface area contributed by atoms with Crippen molar-refractivity contribution in [1.82, 2.24) is 9.80 Å². The molecule has 1 saturated heterocycles. The lowest BCUT2D eigenvalue weighted by Gasteiger charge is -2.34. The molecular weight excluding hydrogens is 356 g/mol. The van der Waals surface area contributed by atoms with Crippen LogP contribution in [0.4, 0.5) is 0 Å². The van der Waals surface area contributed by atoms with E-state index in [-0.39, 0.29) is 5.91 Å². The number of aryl methyl sites for hydroxylation is 1. The summed E-state index contributed by atoms with van der Waals surface area (Å²) in [5.41, 5.74) is 3.92. The molecule has 1 amide bonds. The van der Waals surface area contributed by atoms with Gasteiger partial charge in [0.15, 0.2) is 0 Å². The van der Waals surface area contributed by atoms with E-state index in [0.29, 0.717) is 5.75 Å². The second-order valence-corrected chi connectivity index (χ2v) is 8.35. The molecule has 0 unspecified atom stereocenters.